The third kappa shape index (κ3) is 12.3. The number of para-hydroxylation sites is 1. The van der Waals surface area contributed by atoms with Crippen LogP contribution in [0.4, 0.5) is 34.1 Å². The number of nitro benzene ring substituents is 2. The van der Waals surface area contributed by atoms with Gasteiger partial charge in [0.1, 0.15) is 25.9 Å². The van der Waals surface area contributed by atoms with Crippen molar-refractivity contribution in [2.45, 2.75) is 16.7 Å². The predicted molar refractivity (Wildman–Crippen MR) is 198 cm³/mol. The number of rotatable bonds is 9. The van der Waals surface area contributed by atoms with Crippen molar-refractivity contribution in [3.8, 4) is 28.8 Å². The second kappa shape index (κ2) is 22.7. The standard InChI is InChI=1S/C20H13N3O7S.C16H13N5O7S.Cr.3Na/c24-16-6-2-4-11-3-1-5-15(19(11)16)21-22-20-13-8-7-12(23(26)27)9-14(13)18(10-17(20)25)31(28,29)30;1-9-14(16(23)20(19-9)10-5-3-2-4-6-10)18-17-12-7-11(21(24)25)8-13(15(12)22)29(26,27)28;;;;/h1-10,24-25H,(H,28,29,30);2-8,22-23H,1H3,(H,26,27,28);;;;/q;;+3;3*+1/p-6. The number of fused-ring (bicyclic) bond motifs is 2. The fraction of sp³-hybridized carbons (Fsp3) is 0.0278. The Labute approximate surface area is 438 Å². The molecule has 309 valence electrons. The van der Waals surface area contributed by atoms with Gasteiger partial charge in [0, 0.05) is 46.3 Å². The Kier molecular flexibility index (Phi) is 19.7. The molecule has 7 aromatic rings. The molecule has 6 aromatic carbocycles. The number of benzene rings is 6. The monoisotopic (exact) mass is 973 g/mol. The molecular formula is C36H20CrN8Na3O14S2. The molecule has 22 nitrogen and oxygen atoms in total. The average molecular weight is 974 g/mol. The van der Waals surface area contributed by atoms with Crippen molar-refractivity contribution in [2.75, 3.05) is 0 Å². The van der Waals surface area contributed by atoms with E-state index in [1.807, 2.05) is 0 Å². The van der Waals surface area contributed by atoms with Crippen LogP contribution in [0.1, 0.15) is 5.69 Å². The molecule has 0 spiro atoms. The summed E-state index contributed by atoms with van der Waals surface area (Å²) in [6.45, 7) is 1.45. The number of non-ortho nitro benzene ring substituents is 2. The molecule has 0 saturated heterocycles. The molecule has 28 heteroatoms. The number of nitrogens with zero attached hydrogens (tertiary/aromatic N) is 8. The number of azo groups is 2. The largest absolute Gasteiger partial charge is 3.00 e. The van der Waals surface area contributed by atoms with Crippen LogP contribution in [0.2, 0.25) is 0 Å². The fourth-order valence-electron chi connectivity index (χ4n) is 5.64. The van der Waals surface area contributed by atoms with Gasteiger partial charge >= 0.3 is 106 Å². The van der Waals surface area contributed by atoms with Gasteiger partial charge in [-0.1, -0.05) is 65.8 Å². The molecule has 0 amide bonds. The van der Waals surface area contributed by atoms with E-state index in [0.717, 1.165) is 22.9 Å². The summed E-state index contributed by atoms with van der Waals surface area (Å²) in [5.41, 5.74) is -1.89. The average Bonchev–Trinajstić information content (AvgIpc) is 3.48. The second-order valence-corrected chi connectivity index (χ2v) is 14.9. The number of aromatic nitrogens is 2. The first-order valence-corrected chi connectivity index (χ1v) is 19.3. The van der Waals surface area contributed by atoms with Crippen LogP contribution < -0.4 is 109 Å². The Balaban J connectivity index is 0.000000415. The Morgan fingerprint density at radius 2 is 1.17 bits per heavy atom. The molecule has 0 fully saturated rings. The zero-order valence-electron chi connectivity index (χ0n) is 33.3. The zero-order chi connectivity index (χ0) is 43.7. The van der Waals surface area contributed by atoms with Gasteiger partial charge in [-0.2, -0.15) is 15.3 Å². The topological polar surface area (TPSA) is 360 Å². The van der Waals surface area contributed by atoms with Gasteiger partial charge in [-0.25, -0.2) is 21.5 Å². The molecule has 0 aliphatic rings. The number of aryl methyl sites for hydroxylation is 1. The third-order valence-electron chi connectivity index (χ3n) is 8.35. The molecule has 0 N–H and O–H groups in total. The molecule has 64 heavy (non-hydrogen) atoms. The number of nitro groups is 2. The van der Waals surface area contributed by atoms with E-state index in [9.17, 15) is 66.6 Å². The zero-order valence-corrected chi connectivity index (χ0v) is 42.2. The molecule has 7 rings (SSSR count). The van der Waals surface area contributed by atoms with Crippen LogP contribution >= 0.6 is 0 Å². The molecule has 0 aliphatic carbocycles. The summed E-state index contributed by atoms with van der Waals surface area (Å²) in [7, 11) is -10.4. The van der Waals surface area contributed by atoms with E-state index in [1.165, 1.54) is 19.1 Å². The van der Waals surface area contributed by atoms with Crippen molar-refractivity contribution >= 4 is 75.9 Å². The van der Waals surface area contributed by atoms with Gasteiger partial charge in [0.05, 0.1) is 48.1 Å². The maximum atomic E-state index is 12.5. The summed E-state index contributed by atoms with van der Waals surface area (Å²) >= 11 is 0. The van der Waals surface area contributed by atoms with Crippen LogP contribution in [0.15, 0.2) is 133 Å². The van der Waals surface area contributed by atoms with Crippen LogP contribution in [0.25, 0.3) is 27.2 Å². The third-order valence-corrected chi connectivity index (χ3v) is 10.1. The Hall–Kier alpha value is -4.40. The molecule has 0 aliphatic heterocycles. The first-order chi connectivity index (χ1) is 28.3. The minimum atomic E-state index is -5.29. The summed E-state index contributed by atoms with van der Waals surface area (Å²) in [6, 6.07) is 22.5. The number of hydrogen-bond donors (Lipinski definition) is 0. The summed E-state index contributed by atoms with van der Waals surface area (Å²) in [5, 5.41) is 90.9. The Morgan fingerprint density at radius 3 is 1.77 bits per heavy atom. The molecule has 1 heterocycles. The van der Waals surface area contributed by atoms with Crippen molar-refractivity contribution in [2.24, 2.45) is 20.5 Å². The van der Waals surface area contributed by atoms with E-state index < -0.39 is 74.3 Å². The van der Waals surface area contributed by atoms with Gasteiger partial charge in [-0.3, -0.25) is 20.2 Å². The molecule has 0 atom stereocenters. The summed E-state index contributed by atoms with van der Waals surface area (Å²) in [6.07, 6.45) is 0. The molecular weight excluding hydrogens is 954 g/mol. The van der Waals surface area contributed by atoms with Crippen molar-refractivity contribution in [1.29, 1.82) is 0 Å². The normalized spacial score (nSPS) is 11.2. The van der Waals surface area contributed by atoms with Crippen LogP contribution in [0.3, 0.4) is 0 Å². The summed E-state index contributed by atoms with van der Waals surface area (Å²) in [4.78, 5) is 18.0. The second-order valence-electron chi connectivity index (χ2n) is 12.2. The first kappa shape index (κ1) is 55.7. The molecule has 0 bridgehead atoms. The minimum absolute atomic E-state index is 0. The molecule has 1 aromatic heterocycles. The summed E-state index contributed by atoms with van der Waals surface area (Å²) in [5.74, 6) is -3.26. The molecule has 0 saturated carbocycles. The van der Waals surface area contributed by atoms with Crippen molar-refractivity contribution in [3.05, 3.63) is 129 Å². The van der Waals surface area contributed by atoms with E-state index in [0.29, 0.717) is 29.3 Å². The van der Waals surface area contributed by atoms with Gasteiger partial charge in [-0.15, -0.1) is 10.2 Å². The van der Waals surface area contributed by atoms with Crippen molar-refractivity contribution in [3.63, 3.8) is 0 Å². The van der Waals surface area contributed by atoms with E-state index in [1.54, 1.807) is 54.6 Å². The van der Waals surface area contributed by atoms with Gasteiger partial charge in [-0.05, 0) is 42.6 Å². The van der Waals surface area contributed by atoms with E-state index in [4.69, 9.17) is 0 Å². The van der Waals surface area contributed by atoms with Crippen LogP contribution in [0.5, 0.6) is 23.1 Å². The molecule has 1 radical (unpaired) electrons. The van der Waals surface area contributed by atoms with Crippen molar-refractivity contribution < 1.29 is 162 Å². The maximum Gasteiger partial charge on any atom is 3.00 e. The van der Waals surface area contributed by atoms with Crippen LogP contribution in [-0.4, -0.2) is 45.6 Å². The fourth-order valence-corrected chi connectivity index (χ4v) is 6.92. The van der Waals surface area contributed by atoms with E-state index in [-0.39, 0.29) is 151 Å². The summed E-state index contributed by atoms with van der Waals surface area (Å²) < 4.78 is 69.5. The Morgan fingerprint density at radius 1 is 0.594 bits per heavy atom. The number of hydrogen-bond acceptors (Lipinski definition) is 19. The van der Waals surface area contributed by atoms with Gasteiger partial charge < -0.3 is 29.5 Å². The SMILES string of the molecule is Cc1nn(-c2ccccc2)c([O-])c1N=Nc1cc([N+](=O)[O-])cc(S(=O)(=O)[O-])c1[O-].O=[N+]([O-])c1ccc2c(N=Nc3cccc4cccc([O-])c34)c([O-])cc(S(=O)(=O)[O-])c2c1.[Cr+3].[Na+].[Na+].[Na+]. The van der Waals surface area contributed by atoms with Gasteiger partial charge in [0.25, 0.3) is 11.4 Å². The maximum absolute atomic E-state index is 12.5. The van der Waals surface area contributed by atoms with Gasteiger partial charge in [0.2, 0.25) is 0 Å². The smallest absolute Gasteiger partial charge is 0.872 e. The van der Waals surface area contributed by atoms with E-state index in [2.05, 4.69) is 25.6 Å². The van der Waals surface area contributed by atoms with E-state index >= 15 is 0 Å². The predicted octanol–water partition coefficient (Wildman–Crippen LogP) is -4.07. The van der Waals surface area contributed by atoms with Crippen molar-refractivity contribution in [1.82, 2.24) is 9.78 Å². The van der Waals surface area contributed by atoms with Gasteiger partial charge in [0.15, 0.2) is 0 Å². The first-order valence-electron chi connectivity index (χ1n) is 16.4. The van der Waals surface area contributed by atoms with Crippen LogP contribution in [0, 0.1) is 27.2 Å². The van der Waals surface area contributed by atoms with Crippen LogP contribution in [-0.2, 0) is 37.6 Å². The minimum Gasteiger partial charge on any atom is -0.872 e. The quantitative estimate of drug-likeness (QED) is 0.0437. The molecule has 0 unspecified atom stereocenters. The Bertz CT molecular complexity index is 3190.